The van der Waals surface area contributed by atoms with Crippen LogP contribution in [0.3, 0.4) is 0 Å². The third-order valence-corrected chi connectivity index (χ3v) is 4.82. The highest BCUT2D eigenvalue weighted by Gasteiger charge is 2.31. The summed E-state index contributed by atoms with van der Waals surface area (Å²) in [5.41, 5.74) is 0.181. The number of Topliss-reactive ketones (excluding diaryl/α,β-unsaturated/α-hetero) is 1. The van der Waals surface area contributed by atoms with E-state index in [9.17, 15) is 14.4 Å². The van der Waals surface area contributed by atoms with E-state index in [4.69, 9.17) is 10.2 Å². The molecule has 1 rings (SSSR count). The molecule has 0 aromatic rings. The smallest absolute Gasteiger partial charge is 0.303 e. The van der Waals surface area contributed by atoms with Crippen molar-refractivity contribution in [2.75, 3.05) is 0 Å². The summed E-state index contributed by atoms with van der Waals surface area (Å²) >= 11 is 0. The van der Waals surface area contributed by atoms with E-state index in [-0.39, 0.29) is 24.2 Å². The molecule has 0 spiro atoms. The molecule has 0 radical (unpaired) electrons. The van der Waals surface area contributed by atoms with Crippen molar-refractivity contribution < 1.29 is 24.6 Å². The quantitative estimate of drug-likeness (QED) is 0.773. The van der Waals surface area contributed by atoms with Crippen LogP contribution in [0, 0.1) is 22.7 Å². The molecule has 1 aliphatic rings. The molecule has 2 unspecified atom stereocenters. The summed E-state index contributed by atoms with van der Waals surface area (Å²) in [7, 11) is 0. The van der Waals surface area contributed by atoms with Crippen molar-refractivity contribution in [3.8, 4) is 0 Å². The van der Waals surface area contributed by atoms with Crippen LogP contribution in [0.25, 0.3) is 0 Å². The van der Waals surface area contributed by atoms with Gasteiger partial charge in [0.25, 0.3) is 0 Å². The zero-order valence-corrected chi connectivity index (χ0v) is 16.0. The Hall–Kier alpha value is -1.39. The molecular formula is C19H34O5. The fourth-order valence-electron chi connectivity index (χ4n) is 2.90. The minimum Gasteiger partial charge on any atom is -0.481 e. The molecular weight excluding hydrogens is 308 g/mol. The van der Waals surface area contributed by atoms with Crippen LogP contribution in [0.5, 0.6) is 0 Å². The van der Waals surface area contributed by atoms with Crippen LogP contribution in [-0.4, -0.2) is 27.9 Å². The highest BCUT2D eigenvalue weighted by molar-refractivity contribution is 5.80. The minimum atomic E-state index is -0.871. The maximum atomic E-state index is 10.9. The van der Waals surface area contributed by atoms with Gasteiger partial charge in [-0.15, -0.1) is 0 Å². The van der Waals surface area contributed by atoms with Gasteiger partial charge in [-0.2, -0.15) is 0 Å². The van der Waals surface area contributed by atoms with Crippen LogP contribution in [-0.2, 0) is 14.4 Å². The Labute approximate surface area is 145 Å². The van der Waals surface area contributed by atoms with Gasteiger partial charge < -0.3 is 10.2 Å². The molecule has 0 aromatic carbocycles. The third-order valence-electron chi connectivity index (χ3n) is 4.82. The average Bonchev–Trinajstić information content (AvgIpc) is 2.80. The normalized spacial score (nSPS) is 19.4. The molecule has 0 bridgehead atoms. The van der Waals surface area contributed by atoms with E-state index in [2.05, 4.69) is 20.8 Å². The van der Waals surface area contributed by atoms with Crippen molar-refractivity contribution >= 4 is 17.7 Å². The molecule has 1 aliphatic carbocycles. The first-order chi connectivity index (χ1) is 10.7. The SMILES string of the molecule is CC(C)(C)C(CCC(=O)O)CC(=O)O.CC(C)(C)C1CCC(=O)C1. The van der Waals surface area contributed by atoms with Crippen molar-refractivity contribution in [2.45, 2.75) is 80.1 Å². The predicted octanol–water partition coefficient (Wildman–Crippen LogP) is 4.39. The second kappa shape index (κ2) is 9.19. The molecule has 2 N–H and O–H groups in total. The highest BCUT2D eigenvalue weighted by Crippen LogP contribution is 2.37. The van der Waals surface area contributed by atoms with E-state index in [1.807, 2.05) is 20.8 Å². The predicted molar refractivity (Wildman–Crippen MR) is 93.9 cm³/mol. The van der Waals surface area contributed by atoms with E-state index in [0.717, 1.165) is 19.3 Å². The number of hydrogen-bond acceptors (Lipinski definition) is 3. The lowest BCUT2D eigenvalue weighted by molar-refractivity contribution is -0.141. The van der Waals surface area contributed by atoms with E-state index in [1.165, 1.54) is 0 Å². The number of carboxylic acid groups (broad SMARTS) is 2. The summed E-state index contributed by atoms with van der Waals surface area (Å²) < 4.78 is 0. The molecule has 0 amide bonds. The third kappa shape index (κ3) is 9.68. The van der Waals surface area contributed by atoms with Gasteiger partial charge in [-0.1, -0.05) is 41.5 Å². The molecule has 140 valence electrons. The van der Waals surface area contributed by atoms with Gasteiger partial charge >= 0.3 is 11.9 Å². The van der Waals surface area contributed by atoms with E-state index < -0.39 is 11.9 Å². The number of aliphatic carboxylic acids is 2. The van der Waals surface area contributed by atoms with Gasteiger partial charge in [-0.3, -0.25) is 14.4 Å². The molecule has 1 fully saturated rings. The van der Waals surface area contributed by atoms with E-state index in [0.29, 0.717) is 23.5 Å². The Morgan fingerprint density at radius 1 is 1.08 bits per heavy atom. The summed E-state index contributed by atoms with van der Waals surface area (Å²) in [4.78, 5) is 31.8. The lowest BCUT2D eigenvalue weighted by atomic mass is 9.76. The molecule has 0 aliphatic heterocycles. The van der Waals surface area contributed by atoms with Gasteiger partial charge in [0.15, 0.2) is 0 Å². The number of ketones is 1. The van der Waals surface area contributed by atoms with Crippen molar-refractivity contribution in [3.05, 3.63) is 0 Å². The van der Waals surface area contributed by atoms with Gasteiger partial charge in [0, 0.05) is 25.7 Å². The van der Waals surface area contributed by atoms with Crippen LogP contribution >= 0.6 is 0 Å². The number of carboxylic acids is 2. The van der Waals surface area contributed by atoms with Crippen LogP contribution in [0.4, 0.5) is 0 Å². The van der Waals surface area contributed by atoms with Gasteiger partial charge in [0.1, 0.15) is 5.78 Å². The van der Waals surface area contributed by atoms with Crippen LogP contribution in [0.2, 0.25) is 0 Å². The summed E-state index contributed by atoms with van der Waals surface area (Å²) in [6, 6.07) is 0. The maximum absolute atomic E-state index is 10.9. The Balaban J connectivity index is 0.000000463. The Morgan fingerprint density at radius 3 is 1.88 bits per heavy atom. The van der Waals surface area contributed by atoms with E-state index in [1.54, 1.807) is 0 Å². The Morgan fingerprint density at radius 2 is 1.62 bits per heavy atom. The summed E-state index contributed by atoms with van der Waals surface area (Å²) in [6.45, 7) is 12.5. The fraction of sp³-hybridized carbons (Fsp3) is 0.842. The molecule has 5 heteroatoms. The summed E-state index contributed by atoms with van der Waals surface area (Å²) in [5, 5.41) is 17.2. The van der Waals surface area contributed by atoms with Gasteiger partial charge in [0.05, 0.1) is 0 Å². The fourth-order valence-corrected chi connectivity index (χ4v) is 2.90. The number of carbonyl (C=O) groups excluding carboxylic acids is 1. The van der Waals surface area contributed by atoms with Gasteiger partial charge in [-0.05, 0) is 35.5 Å². The second-order valence-electron chi connectivity index (χ2n) is 8.94. The van der Waals surface area contributed by atoms with Crippen molar-refractivity contribution in [1.82, 2.24) is 0 Å². The topological polar surface area (TPSA) is 91.7 Å². The first kappa shape index (κ1) is 22.6. The molecule has 1 saturated carbocycles. The molecule has 24 heavy (non-hydrogen) atoms. The molecule has 0 saturated heterocycles. The Kier molecular flexibility index (Phi) is 8.65. The Bertz CT molecular complexity index is 440. The van der Waals surface area contributed by atoms with Crippen molar-refractivity contribution in [3.63, 3.8) is 0 Å². The van der Waals surface area contributed by atoms with Crippen LogP contribution in [0.1, 0.15) is 80.1 Å². The van der Waals surface area contributed by atoms with Crippen LogP contribution in [0.15, 0.2) is 0 Å². The largest absolute Gasteiger partial charge is 0.481 e. The zero-order valence-electron chi connectivity index (χ0n) is 16.0. The highest BCUT2D eigenvalue weighted by atomic mass is 16.4. The van der Waals surface area contributed by atoms with Crippen molar-refractivity contribution in [1.29, 1.82) is 0 Å². The standard InChI is InChI=1S/C10H18O4.C9H16O/c1-10(2,3)7(6-9(13)14)4-5-8(11)12;1-9(2,3)7-4-5-8(10)6-7/h7H,4-6H2,1-3H3,(H,11,12)(H,13,14);7H,4-6H2,1-3H3. The maximum Gasteiger partial charge on any atom is 0.303 e. The first-order valence-corrected chi connectivity index (χ1v) is 8.68. The lowest BCUT2D eigenvalue weighted by Gasteiger charge is -2.29. The van der Waals surface area contributed by atoms with Crippen molar-refractivity contribution in [2.24, 2.45) is 22.7 Å². The number of rotatable bonds is 5. The summed E-state index contributed by atoms with van der Waals surface area (Å²) in [6.07, 6.45) is 3.25. The molecule has 2 atom stereocenters. The van der Waals surface area contributed by atoms with Gasteiger partial charge in [-0.25, -0.2) is 0 Å². The number of hydrogen-bond donors (Lipinski definition) is 2. The second-order valence-corrected chi connectivity index (χ2v) is 8.94. The number of carbonyl (C=O) groups is 3. The lowest BCUT2D eigenvalue weighted by Crippen LogP contribution is -2.24. The monoisotopic (exact) mass is 342 g/mol. The molecule has 0 heterocycles. The average molecular weight is 342 g/mol. The van der Waals surface area contributed by atoms with E-state index >= 15 is 0 Å². The molecule has 5 nitrogen and oxygen atoms in total. The summed E-state index contributed by atoms with van der Waals surface area (Å²) in [5.74, 6) is -0.726. The van der Waals surface area contributed by atoms with Gasteiger partial charge in [0.2, 0.25) is 0 Å². The minimum absolute atomic E-state index is 0.0369. The molecule has 0 aromatic heterocycles. The zero-order chi connectivity index (χ0) is 19.1. The first-order valence-electron chi connectivity index (χ1n) is 8.68. The van der Waals surface area contributed by atoms with Crippen LogP contribution < -0.4 is 0 Å².